The molecule has 3 aliphatic rings. The fourth-order valence-electron chi connectivity index (χ4n) is 3.74. The van der Waals surface area contributed by atoms with E-state index >= 15 is 0 Å². The van der Waals surface area contributed by atoms with Gasteiger partial charge in [-0.1, -0.05) is 18.2 Å². The zero-order chi connectivity index (χ0) is 15.1. The number of benzene rings is 1. The summed E-state index contributed by atoms with van der Waals surface area (Å²) in [5.41, 5.74) is 1.33. The number of carbonyl (C=O) groups is 2. The molecule has 2 aromatic rings. The first-order chi connectivity index (χ1) is 10.7. The predicted octanol–water partition coefficient (Wildman–Crippen LogP) is 1.56. The summed E-state index contributed by atoms with van der Waals surface area (Å²) in [4.78, 5) is 30.2. The van der Waals surface area contributed by atoms with Crippen LogP contribution in [0.25, 0.3) is 10.9 Å². The lowest BCUT2D eigenvalue weighted by Crippen LogP contribution is -2.58. The van der Waals surface area contributed by atoms with Gasteiger partial charge < -0.3 is 15.2 Å². The second-order valence-corrected chi connectivity index (χ2v) is 6.30. The SMILES string of the molecule is O=C(NC1CN2CCC1CC2)C(=O)c1c[nH]c2ccccc12. The maximum absolute atomic E-state index is 12.5. The van der Waals surface area contributed by atoms with Crippen molar-refractivity contribution in [1.29, 1.82) is 0 Å². The Morgan fingerprint density at radius 3 is 2.68 bits per heavy atom. The minimum atomic E-state index is -0.483. The number of para-hydroxylation sites is 1. The lowest BCUT2D eigenvalue weighted by atomic mass is 9.84. The first-order valence-corrected chi connectivity index (χ1v) is 7.86. The van der Waals surface area contributed by atoms with Gasteiger partial charge in [0.2, 0.25) is 0 Å². The summed E-state index contributed by atoms with van der Waals surface area (Å²) in [6.07, 6.45) is 3.86. The van der Waals surface area contributed by atoms with Crippen molar-refractivity contribution in [2.75, 3.05) is 19.6 Å². The van der Waals surface area contributed by atoms with Crippen LogP contribution in [0.15, 0.2) is 30.5 Å². The molecule has 0 aliphatic carbocycles. The number of aromatic nitrogens is 1. The Balaban J connectivity index is 1.52. The molecule has 5 nitrogen and oxygen atoms in total. The summed E-state index contributed by atoms with van der Waals surface area (Å²) >= 11 is 0. The summed E-state index contributed by atoms with van der Waals surface area (Å²) in [7, 11) is 0. The number of carbonyl (C=O) groups excluding carboxylic acids is 2. The Morgan fingerprint density at radius 1 is 1.18 bits per heavy atom. The molecule has 3 saturated heterocycles. The zero-order valence-electron chi connectivity index (χ0n) is 12.3. The van der Waals surface area contributed by atoms with E-state index in [4.69, 9.17) is 0 Å². The van der Waals surface area contributed by atoms with Gasteiger partial charge >= 0.3 is 0 Å². The average Bonchev–Trinajstić information content (AvgIpc) is 2.99. The van der Waals surface area contributed by atoms with Crippen LogP contribution < -0.4 is 5.32 Å². The van der Waals surface area contributed by atoms with E-state index in [1.54, 1.807) is 6.20 Å². The molecule has 2 N–H and O–H groups in total. The van der Waals surface area contributed by atoms with E-state index in [9.17, 15) is 9.59 Å². The van der Waals surface area contributed by atoms with Crippen LogP contribution in [0.5, 0.6) is 0 Å². The van der Waals surface area contributed by atoms with Crippen LogP contribution in [0, 0.1) is 5.92 Å². The molecule has 2 bridgehead atoms. The van der Waals surface area contributed by atoms with Gasteiger partial charge in [-0.05, 0) is 37.9 Å². The van der Waals surface area contributed by atoms with Gasteiger partial charge in [-0.25, -0.2) is 0 Å². The van der Waals surface area contributed by atoms with Gasteiger partial charge in [-0.3, -0.25) is 9.59 Å². The van der Waals surface area contributed by atoms with Crippen molar-refractivity contribution in [3.05, 3.63) is 36.0 Å². The van der Waals surface area contributed by atoms with Crippen LogP contribution >= 0.6 is 0 Å². The first-order valence-electron chi connectivity index (χ1n) is 7.86. The number of Topliss-reactive ketones (excluding diaryl/α,β-unsaturated/α-hetero) is 1. The highest BCUT2D eigenvalue weighted by Crippen LogP contribution is 2.27. The van der Waals surface area contributed by atoms with Crippen molar-refractivity contribution in [2.45, 2.75) is 18.9 Å². The molecular weight excluding hydrogens is 278 g/mol. The molecule has 0 saturated carbocycles. The molecule has 1 aromatic heterocycles. The molecule has 1 atom stereocenters. The molecule has 5 rings (SSSR count). The number of hydrogen-bond acceptors (Lipinski definition) is 3. The van der Waals surface area contributed by atoms with Crippen molar-refractivity contribution < 1.29 is 9.59 Å². The van der Waals surface area contributed by atoms with Crippen LogP contribution in [0.3, 0.4) is 0 Å². The fourth-order valence-corrected chi connectivity index (χ4v) is 3.74. The van der Waals surface area contributed by atoms with E-state index in [2.05, 4.69) is 15.2 Å². The van der Waals surface area contributed by atoms with Crippen molar-refractivity contribution in [1.82, 2.24) is 15.2 Å². The second-order valence-electron chi connectivity index (χ2n) is 6.30. The Kier molecular flexibility index (Phi) is 3.22. The van der Waals surface area contributed by atoms with E-state index in [1.165, 1.54) is 0 Å². The quantitative estimate of drug-likeness (QED) is 0.667. The van der Waals surface area contributed by atoms with E-state index in [1.807, 2.05) is 24.3 Å². The topological polar surface area (TPSA) is 65.2 Å². The third kappa shape index (κ3) is 2.22. The van der Waals surface area contributed by atoms with Gasteiger partial charge in [-0.15, -0.1) is 0 Å². The van der Waals surface area contributed by atoms with E-state index in [0.717, 1.165) is 43.4 Å². The van der Waals surface area contributed by atoms with Gasteiger partial charge in [-0.2, -0.15) is 0 Å². The molecule has 0 radical (unpaired) electrons. The van der Waals surface area contributed by atoms with Gasteiger partial charge in [0.25, 0.3) is 11.7 Å². The minimum Gasteiger partial charge on any atom is -0.360 e. The number of fused-ring (bicyclic) bond motifs is 4. The van der Waals surface area contributed by atoms with Crippen LogP contribution in [0.4, 0.5) is 0 Å². The first kappa shape index (κ1) is 13.5. The maximum Gasteiger partial charge on any atom is 0.292 e. The molecule has 3 aliphatic heterocycles. The molecule has 22 heavy (non-hydrogen) atoms. The number of nitrogens with zero attached hydrogens (tertiary/aromatic N) is 1. The lowest BCUT2D eigenvalue weighted by molar-refractivity contribution is -0.119. The van der Waals surface area contributed by atoms with Gasteiger partial charge in [0.05, 0.1) is 5.56 Å². The molecule has 3 fully saturated rings. The fraction of sp³-hybridized carbons (Fsp3) is 0.412. The maximum atomic E-state index is 12.5. The Labute approximate surface area is 128 Å². The van der Waals surface area contributed by atoms with Crippen LogP contribution in [-0.2, 0) is 4.79 Å². The summed E-state index contributed by atoms with van der Waals surface area (Å²) in [5.74, 6) is -0.415. The number of ketones is 1. The predicted molar refractivity (Wildman–Crippen MR) is 83.7 cm³/mol. The molecule has 1 amide bonds. The van der Waals surface area contributed by atoms with Crippen molar-refractivity contribution in [2.24, 2.45) is 5.92 Å². The average molecular weight is 297 g/mol. The minimum absolute atomic E-state index is 0.115. The van der Waals surface area contributed by atoms with Gasteiger partial charge in [0.1, 0.15) is 0 Å². The van der Waals surface area contributed by atoms with Crippen LogP contribution in [0.2, 0.25) is 0 Å². The molecule has 114 valence electrons. The van der Waals surface area contributed by atoms with E-state index < -0.39 is 11.7 Å². The third-order valence-electron chi connectivity index (χ3n) is 5.01. The molecule has 1 aromatic carbocycles. The second kappa shape index (κ2) is 5.25. The number of hydrogen-bond donors (Lipinski definition) is 2. The van der Waals surface area contributed by atoms with Gasteiger partial charge in [0, 0.05) is 29.7 Å². The Bertz CT molecular complexity index is 728. The van der Waals surface area contributed by atoms with Crippen LogP contribution in [0.1, 0.15) is 23.2 Å². The zero-order valence-corrected chi connectivity index (χ0v) is 12.3. The normalized spacial score (nSPS) is 27.0. The summed E-state index contributed by atoms with van der Waals surface area (Å²) in [5, 5.41) is 3.76. The number of amides is 1. The highest BCUT2D eigenvalue weighted by atomic mass is 16.2. The van der Waals surface area contributed by atoms with Gasteiger partial charge in [0.15, 0.2) is 0 Å². The Hall–Kier alpha value is -2.14. The summed E-state index contributed by atoms with van der Waals surface area (Å²) in [6.45, 7) is 3.11. The number of rotatable bonds is 3. The van der Waals surface area contributed by atoms with Crippen LogP contribution in [-0.4, -0.2) is 47.3 Å². The highest BCUT2D eigenvalue weighted by molar-refractivity contribution is 6.45. The molecule has 4 heterocycles. The molecule has 1 unspecified atom stereocenters. The van der Waals surface area contributed by atoms with Crippen molar-refractivity contribution >= 4 is 22.6 Å². The number of H-pyrrole nitrogens is 1. The molecule has 5 heteroatoms. The summed E-state index contributed by atoms with van der Waals surface area (Å²) < 4.78 is 0. The smallest absolute Gasteiger partial charge is 0.292 e. The highest BCUT2D eigenvalue weighted by Gasteiger charge is 2.36. The lowest BCUT2D eigenvalue weighted by Gasteiger charge is -2.44. The molecule has 0 spiro atoms. The van der Waals surface area contributed by atoms with E-state index in [-0.39, 0.29) is 6.04 Å². The summed E-state index contributed by atoms with van der Waals surface area (Å²) in [6, 6.07) is 7.65. The largest absolute Gasteiger partial charge is 0.360 e. The van der Waals surface area contributed by atoms with Crippen molar-refractivity contribution in [3.63, 3.8) is 0 Å². The third-order valence-corrected chi connectivity index (χ3v) is 5.01. The number of piperidine rings is 3. The van der Waals surface area contributed by atoms with Crippen molar-refractivity contribution in [3.8, 4) is 0 Å². The standard InChI is InChI=1S/C17H19N3O2/c21-16(13-9-18-14-4-2-1-3-12(13)14)17(22)19-15-10-20-7-5-11(15)6-8-20/h1-4,9,11,15,18H,5-8,10H2,(H,19,22). The number of nitrogens with one attached hydrogen (secondary N) is 2. The van der Waals surface area contributed by atoms with E-state index in [0.29, 0.717) is 11.5 Å². The molecular formula is C17H19N3O2. The monoisotopic (exact) mass is 297 g/mol. The number of aromatic amines is 1. The Morgan fingerprint density at radius 2 is 1.95 bits per heavy atom.